The van der Waals surface area contributed by atoms with E-state index < -0.39 is 18.1 Å². The molecule has 0 aromatic heterocycles. The molecule has 0 aliphatic rings. The first kappa shape index (κ1) is 19.1. The van der Waals surface area contributed by atoms with E-state index in [9.17, 15) is 14.4 Å². The molecule has 0 saturated carbocycles. The maximum atomic E-state index is 11.8. The van der Waals surface area contributed by atoms with Gasteiger partial charge >= 0.3 is 12.1 Å². The molecule has 0 bridgehead atoms. The molecule has 6 nitrogen and oxygen atoms in total. The predicted octanol–water partition coefficient (Wildman–Crippen LogP) is 2.23. The maximum absolute atomic E-state index is 11.8. The van der Waals surface area contributed by atoms with Gasteiger partial charge in [0.05, 0.1) is 20.3 Å². The smallest absolute Gasteiger partial charge is 0.407 e. The molecule has 21 heavy (non-hydrogen) atoms. The van der Waals surface area contributed by atoms with Gasteiger partial charge in [-0.05, 0) is 18.8 Å². The molecule has 0 radical (unpaired) electrons. The predicted molar refractivity (Wildman–Crippen MR) is 78.8 cm³/mol. The monoisotopic (exact) mass is 299 g/mol. The number of amides is 1. The first-order valence-electron chi connectivity index (χ1n) is 6.74. The molecule has 0 rings (SSSR count). The summed E-state index contributed by atoms with van der Waals surface area (Å²) < 4.78 is 9.32. The van der Waals surface area contributed by atoms with Crippen molar-refractivity contribution in [3.63, 3.8) is 0 Å². The summed E-state index contributed by atoms with van der Waals surface area (Å²) in [6, 6.07) is -0.425. The number of hydrogen-bond donors (Lipinski definition) is 1. The van der Waals surface area contributed by atoms with Crippen LogP contribution in [0.5, 0.6) is 0 Å². The Labute approximate surface area is 125 Å². The Hall–Kier alpha value is -1.85. The van der Waals surface area contributed by atoms with Crippen LogP contribution >= 0.6 is 0 Å². The SMILES string of the molecule is COC(=O)NC(/C=C(\CCC(C)=O)C(=O)OC)C(C)(C)C. The number of rotatable bonds is 6. The van der Waals surface area contributed by atoms with Crippen LogP contribution in [0.4, 0.5) is 4.79 Å². The van der Waals surface area contributed by atoms with Gasteiger partial charge in [-0.2, -0.15) is 0 Å². The average Bonchev–Trinajstić information content (AvgIpc) is 2.39. The number of ether oxygens (including phenoxy) is 2. The van der Waals surface area contributed by atoms with Gasteiger partial charge in [0.2, 0.25) is 0 Å². The number of alkyl carbamates (subject to hydrolysis) is 1. The van der Waals surface area contributed by atoms with Crippen molar-refractivity contribution in [2.24, 2.45) is 5.41 Å². The lowest BCUT2D eigenvalue weighted by Gasteiger charge is -2.29. The Morgan fingerprint density at radius 1 is 1.10 bits per heavy atom. The van der Waals surface area contributed by atoms with Crippen LogP contribution in [0.3, 0.4) is 0 Å². The molecule has 1 N–H and O–H groups in total. The van der Waals surface area contributed by atoms with Crippen molar-refractivity contribution < 1.29 is 23.9 Å². The van der Waals surface area contributed by atoms with Gasteiger partial charge in [0.15, 0.2) is 0 Å². The molecule has 0 aliphatic carbocycles. The number of carbonyl (C=O) groups is 3. The summed E-state index contributed by atoms with van der Waals surface area (Å²) in [5.41, 5.74) is 0.0352. The van der Waals surface area contributed by atoms with Crippen LogP contribution in [0.2, 0.25) is 0 Å². The second-order valence-corrected chi connectivity index (χ2v) is 5.87. The zero-order valence-electron chi connectivity index (χ0n) is 13.6. The van der Waals surface area contributed by atoms with E-state index in [4.69, 9.17) is 4.74 Å². The maximum Gasteiger partial charge on any atom is 0.407 e. The van der Waals surface area contributed by atoms with E-state index in [1.165, 1.54) is 21.1 Å². The first-order valence-corrected chi connectivity index (χ1v) is 6.74. The van der Waals surface area contributed by atoms with Gasteiger partial charge in [0, 0.05) is 12.0 Å². The van der Waals surface area contributed by atoms with Gasteiger partial charge < -0.3 is 19.6 Å². The van der Waals surface area contributed by atoms with Gasteiger partial charge in [0.25, 0.3) is 0 Å². The highest BCUT2D eigenvalue weighted by Gasteiger charge is 2.26. The lowest BCUT2D eigenvalue weighted by atomic mass is 9.85. The fraction of sp³-hybridized carbons (Fsp3) is 0.667. The Bertz CT molecular complexity index is 420. The van der Waals surface area contributed by atoms with E-state index in [-0.39, 0.29) is 24.0 Å². The third-order valence-corrected chi connectivity index (χ3v) is 2.95. The molecule has 0 aromatic carbocycles. The summed E-state index contributed by atoms with van der Waals surface area (Å²) in [6.45, 7) is 7.22. The number of hydrogen-bond acceptors (Lipinski definition) is 5. The number of nitrogens with one attached hydrogen (secondary N) is 1. The normalized spacial score (nSPS) is 13.3. The van der Waals surface area contributed by atoms with E-state index in [1.54, 1.807) is 6.08 Å². The zero-order valence-corrected chi connectivity index (χ0v) is 13.6. The van der Waals surface area contributed by atoms with Gasteiger partial charge in [-0.15, -0.1) is 0 Å². The molecular formula is C15H25NO5. The van der Waals surface area contributed by atoms with Crippen molar-refractivity contribution in [3.05, 3.63) is 11.6 Å². The van der Waals surface area contributed by atoms with Crippen molar-refractivity contribution in [1.82, 2.24) is 5.32 Å². The molecule has 6 heteroatoms. The summed E-state index contributed by atoms with van der Waals surface area (Å²) in [6.07, 6.45) is 1.57. The van der Waals surface area contributed by atoms with Crippen LogP contribution in [0.1, 0.15) is 40.5 Å². The number of Topliss-reactive ketones (excluding diaryl/α,β-unsaturated/α-hetero) is 1. The highest BCUT2D eigenvalue weighted by atomic mass is 16.5. The Morgan fingerprint density at radius 3 is 2.05 bits per heavy atom. The lowest BCUT2D eigenvalue weighted by molar-refractivity contribution is -0.136. The average molecular weight is 299 g/mol. The third kappa shape index (κ3) is 7.48. The van der Waals surface area contributed by atoms with Gasteiger partial charge in [-0.3, -0.25) is 0 Å². The Morgan fingerprint density at radius 2 is 1.67 bits per heavy atom. The van der Waals surface area contributed by atoms with Crippen molar-refractivity contribution >= 4 is 17.8 Å². The highest BCUT2D eigenvalue weighted by molar-refractivity contribution is 5.89. The van der Waals surface area contributed by atoms with Crippen LogP contribution in [-0.4, -0.2) is 38.1 Å². The van der Waals surface area contributed by atoms with Crippen LogP contribution in [0.25, 0.3) is 0 Å². The molecule has 0 heterocycles. The lowest BCUT2D eigenvalue weighted by Crippen LogP contribution is -2.42. The minimum Gasteiger partial charge on any atom is -0.466 e. The molecule has 0 aliphatic heterocycles. The van der Waals surface area contributed by atoms with Gasteiger partial charge in [-0.1, -0.05) is 26.8 Å². The number of carbonyl (C=O) groups excluding carboxylic acids is 3. The van der Waals surface area contributed by atoms with Crippen LogP contribution in [0.15, 0.2) is 11.6 Å². The van der Waals surface area contributed by atoms with Gasteiger partial charge in [-0.25, -0.2) is 9.59 Å². The first-order chi connectivity index (χ1) is 9.61. The third-order valence-electron chi connectivity index (χ3n) is 2.95. The van der Waals surface area contributed by atoms with Crippen molar-refractivity contribution in [2.45, 2.75) is 46.6 Å². The van der Waals surface area contributed by atoms with Crippen LogP contribution < -0.4 is 5.32 Å². The second kappa shape index (κ2) is 8.44. The largest absolute Gasteiger partial charge is 0.466 e. The molecule has 1 atom stereocenters. The van der Waals surface area contributed by atoms with E-state index in [2.05, 4.69) is 10.1 Å². The molecule has 0 spiro atoms. The van der Waals surface area contributed by atoms with Gasteiger partial charge in [0.1, 0.15) is 5.78 Å². The standard InChI is InChI=1S/C15H25NO5/c1-10(17)7-8-11(13(18)20-5)9-12(15(2,3)4)16-14(19)21-6/h9,12H,7-8H2,1-6H3,(H,16,19)/b11-9+. The summed E-state index contributed by atoms with van der Waals surface area (Å²) >= 11 is 0. The summed E-state index contributed by atoms with van der Waals surface area (Å²) in [7, 11) is 2.56. The van der Waals surface area contributed by atoms with Crippen molar-refractivity contribution in [2.75, 3.05) is 14.2 Å². The topological polar surface area (TPSA) is 81.7 Å². The molecule has 1 amide bonds. The fourth-order valence-corrected chi connectivity index (χ4v) is 1.59. The molecule has 0 fully saturated rings. The van der Waals surface area contributed by atoms with Crippen LogP contribution in [-0.2, 0) is 19.1 Å². The number of methoxy groups -OCH3 is 2. The van der Waals surface area contributed by atoms with Crippen molar-refractivity contribution in [3.8, 4) is 0 Å². The summed E-state index contributed by atoms with van der Waals surface area (Å²) in [5, 5.41) is 2.67. The van der Waals surface area contributed by atoms with E-state index in [1.807, 2.05) is 20.8 Å². The molecule has 0 saturated heterocycles. The zero-order chi connectivity index (χ0) is 16.6. The minimum absolute atomic E-state index is 0.0157. The Balaban J connectivity index is 5.33. The summed E-state index contributed by atoms with van der Waals surface area (Å²) in [5.74, 6) is -0.518. The summed E-state index contributed by atoms with van der Waals surface area (Å²) in [4.78, 5) is 34.3. The Kier molecular flexibility index (Phi) is 7.70. The van der Waals surface area contributed by atoms with Crippen molar-refractivity contribution in [1.29, 1.82) is 0 Å². The molecule has 1 unspecified atom stereocenters. The molecule has 120 valence electrons. The minimum atomic E-state index is -0.582. The quantitative estimate of drug-likeness (QED) is 0.601. The molecule has 0 aromatic rings. The van der Waals surface area contributed by atoms with E-state index in [0.29, 0.717) is 5.57 Å². The highest BCUT2D eigenvalue weighted by Crippen LogP contribution is 2.23. The second-order valence-electron chi connectivity index (χ2n) is 5.87. The number of ketones is 1. The van der Waals surface area contributed by atoms with E-state index >= 15 is 0 Å². The van der Waals surface area contributed by atoms with Crippen LogP contribution in [0, 0.1) is 5.41 Å². The fourth-order valence-electron chi connectivity index (χ4n) is 1.59. The number of esters is 1. The molecular weight excluding hydrogens is 274 g/mol. The van der Waals surface area contributed by atoms with E-state index in [0.717, 1.165) is 0 Å².